The van der Waals surface area contributed by atoms with Crippen molar-refractivity contribution in [2.24, 2.45) is 0 Å². The van der Waals surface area contributed by atoms with Crippen LogP contribution in [0.25, 0.3) is 6.08 Å². The molecule has 3 amide bonds. The first-order valence-corrected chi connectivity index (χ1v) is 10.1. The summed E-state index contributed by atoms with van der Waals surface area (Å²) in [6.07, 6.45) is 4.75. The topological polar surface area (TPSA) is 79.4 Å². The molecule has 150 valence electrons. The summed E-state index contributed by atoms with van der Waals surface area (Å²) >= 11 is 1.10. The van der Waals surface area contributed by atoms with E-state index in [1.807, 2.05) is 0 Å². The Morgan fingerprint density at radius 2 is 2.03 bits per heavy atom. The molecule has 2 heterocycles. The van der Waals surface area contributed by atoms with Gasteiger partial charge in [-0.3, -0.25) is 24.3 Å². The molecule has 1 aliphatic rings. The second kappa shape index (κ2) is 9.66. The Hall–Kier alpha value is -2.72. The number of hydrogen-bond donors (Lipinski definition) is 1. The molecule has 0 atom stereocenters. The molecule has 0 saturated carbocycles. The Labute approximate surface area is 173 Å². The van der Waals surface area contributed by atoms with Gasteiger partial charge in [-0.25, -0.2) is 0 Å². The number of benzene rings is 1. The lowest BCUT2D eigenvalue weighted by atomic mass is 10.2. The van der Waals surface area contributed by atoms with E-state index in [1.54, 1.807) is 42.7 Å². The van der Waals surface area contributed by atoms with Gasteiger partial charge in [0.2, 0.25) is 0 Å². The van der Waals surface area contributed by atoms with Gasteiger partial charge in [-0.1, -0.05) is 30.0 Å². The van der Waals surface area contributed by atoms with E-state index >= 15 is 0 Å². The summed E-state index contributed by atoms with van der Waals surface area (Å²) in [5.74, 6) is -3.65. The third kappa shape index (κ3) is 5.42. The van der Waals surface area contributed by atoms with E-state index in [1.165, 1.54) is 12.1 Å². The summed E-state index contributed by atoms with van der Waals surface area (Å²) in [6, 6.07) is 9.49. The van der Waals surface area contributed by atoms with Crippen LogP contribution in [-0.4, -0.2) is 45.8 Å². The highest BCUT2D eigenvalue weighted by Crippen LogP contribution is 2.32. The van der Waals surface area contributed by atoms with Crippen molar-refractivity contribution in [3.05, 3.63) is 64.8 Å². The van der Waals surface area contributed by atoms with Crippen LogP contribution < -0.4 is 5.32 Å². The standard InChI is InChI=1S/C19H15F2N3O3S2/c20-18(21)28-14-6-2-1-5-13(14)16(25)23-8-9-24-17(26)15(29-19(24)27)10-12-4-3-7-22-11-12/h1-7,10-11,18H,8-9H2,(H,23,25)/b15-10+. The van der Waals surface area contributed by atoms with Crippen molar-refractivity contribution < 1.29 is 23.2 Å². The SMILES string of the molecule is O=C(NCCN1C(=O)S/C(=C/c2cccnc2)C1=O)c1ccccc1SC(F)F. The maximum absolute atomic E-state index is 12.6. The molecule has 0 unspecified atom stereocenters. The van der Waals surface area contributed by atoms with Crippen LogP contribution in [0.2, 0.25) is 0 Å². The molecule has 1 aromatic heterocycles. The zero-order valence-electron chi connectivity index (χ0n) is 14.9. The van der Waals surface area contributed by atoms with Crippen LogP contribution in [0.3, 0.4) is 0 Å². The second-order valence-electron chi connectivity index (χ2n) is 5.75. The Balaban J connectivity index is 1.59. The number of rotatable bonds is 7. The van der Waals surface area contributed by atoms with E-state index in [0.29, 0.717) is 5.56 Å². The van der Waals surface area contributed by atoms with Gasteiger partial charge in [0.25, 0.3) is 22.8 Å². The molecule has 0 aliphatic carbocycles. The van der Waals surface area contributed by atoms with Gasteiger partial charge in [0, 0.05) is 30.4 Å². The van der Waals surface area contributed by atoms with Crippen LogP contribution in [-0.2, 0) is 4.79 Å². The van der Waals surface area contributed by atoms with Crippen LogP contribution in [0.4, 0.5) is 13.6 Å². The van der Waals surface area contributed by atoms with Gasteiger partial charge in [0.1, 0.15) is 0 Å². The first-order valence-electron chi connectivity index (χ1n) is 8.43. The number of nitrogens with zero attached hydrogens (tertiary/aromatic N) is 2. The number of aromatic nitrogens is 1. The molecule has 1 aliphatic heterocycles. The van der Waals surface area contributed by atoms with Crippen molar-refractivity contribution in [3.63, 3.8) is 0 Å². The average molecular weight is 435 g/mol. The van der Waals surface area contributed by atoms with E-state index in [0.717, 1.165) is 16.7 Å². The van der Waals surface area contributed by atoms with Crippen molar-refractivity contribution in [2.45, 2.75) is 10.7 Å². The molecule has 10 heteroatoms. The fourth-order valence-electron chi connectivity index (χ4n) is 2.53. The van der Waals surface area contributed by atoms with Crippen molar-refractivity contribution in [2.75, 3.05) is 13.1 Å². The summed E-state index contributed by atoms with van der Waals surface area (Å²) in [7, 11) is 0. The lowest BCUT2D eigenvalue weighted by Gasteiger charge is -2.14. The number of hydrogen-bond acceptors (Lipinski definition) is 6. The van der Waals surface area contributed by atoms with Gasteiger partial charge in [-0.05, 0) is 41.6 Å². The van der Waals surface area contributed by atoms with E-state index in [2.05, 4.69) is 10.3 Å². The molecule has 0 spiro atoms. The molecule has 2 aromatic rings. The molecular weight excluding hydrogens is 420 g/mol. The van der Waals surface area contributed by atoms with Crippen molar-refractivity contribution in [1.29, 1.82) is 0 Å². The molecule has 0 radical (unpaired) electrons. The fourth-order valence-corrected chi connectivity index (χ4v) is 4.04. The zero-order chi connectivity index (χ0) is 20.8. The number of thioether (sulfide) groups is 2. The van der Waals surface area contributed by atoms with E-state index in [9.17, 15) is 23.2 Å². The Bertz CT molecular complexity index is 955. The first-order chi connectivity index (χ1) is 14.0. The normalized spacial score (nSPS) is 15.4. The Morgan fingerprint density at radius 3 is 2.76 bits per heavy atom. The monoisotopic (exact) mass is 435 g/mol. The average Bonchev–Trinajstić information content (AvgIpc) is 2.96. The lowest BCUT2D eigenvalue weighted by molar-refractivity contribution is -0.122. The largest absolute Gasteiger partial charge is 0.350 e. The van der Waals surface area contributed by atoms with Crippen molar-refractivity contribution in [1.82, 2.24) is 15.2 Å². The third-order valence-corrected chi connectivity index (χ3v) is 5.52. The lowest BCUT2D eigenvalue weighted by Crippen LogP contribution is -2.37. The number of pyridine rings is 1. The molecule has 1 saturated heterocycles. The van der Waals surface area contributed by atoms with E-state index in [-0.39, 0.29) is 40.2 Å². The highest BCUT2D eigenvalue weighted by molar-refractivity contribution is 8.18. The van der Waals surface area contributed by atoms with Gasteiger partial charge in [-0.2, -0.15) is 8.78 Å². The number of carbonyl (C=O) groups is 3. The van der Waals surface area contributed by atoms with Crippen LogP contribution in [0.1, 0.15) is 15.9 Å². The molecule has 1 fully saturated rings. The van der Waals surface area contributed by atoms with Crippen LogP contribution >= 0.6 is 23.5 Å². The van der Waals surface area contributed by atoms with Crippen LogP contribution in [0, 0.1) is 0 Å². The van der Waals surface area contributed by atoms with Crippen molar-refractivity contribution >= 4 is 46.7 Å². The number of carbonyl (C=O) groups excluding carboxylic acids is 3. The van der Waals surface area contributed by atoms with Crippen LogP contribution in [0.15, 0.2) is 58.6 Å². The number of halogens is 2. The Morgan fingerprint density at radius 1 is 1.24 bits per heavy atom. The predicted molar refractivity (Wildman–Crippen MR) is 108 cm³/mol. The summed E-state index contributed by atoms with van der Waals surface area (Å²) < 4.78 is 25.3. The molecule has 1 N–H and O–H groups in total. The molecule has 29 heavy (non-hydrogen) atoms. The zero-order valence-corrected chi connectivity index (χ0v) is 16.5. The highest BCUT2D eigenvalue weighted by Gasteiger charge is 2.34. The maximum Gasteiger partial charge on any atom is 0.293 e. The van der Waals surface area contributed by atoms with Gasteiger partial charge >= 0.3 is 0 Å². The smallest absolute Gasteiger partial charge is 0.293 e. The summed E-state index contributed by atoms with van der Waals surface area (Å²) in [4.78, 5) is 42.3. The summed E-state index contributed by atoms with van der Waals surface area (Å²) in [5.41, 5.74) is 0.808. The second-order valence-corrected chi connectivity index (χ2v) is 7.78. The predicted octanol–water partition coefficient (Wildman–Crippen LogP) is 3.86. The van der Waals surface area contributed by atoms with Crippen molar-refractivity contribution in [3.8, 4) is 0 Å². The first kappa shape index (κ1) is 21.0. The van der Waals surface area contributed by atoms with Crippen LogP contribution in [0.5, 0.6) is 0 Å². The Kier molecular flexibility index (Phi) is 6.99. The van der Waals surface area contributed by atoms with E-state index in [4.69, 9.17) is 0 Å². The molecule has 1 aromatic carbocycles. The maximum atomic E-state index is 12.6. The quantitative estimate of drug-likeness (QED) is 0.526. The highest BCUT2D eigenvalue weighted by atomic mass is 32.2. The molecule has 6 nitrogen and oxygen atoms in total. The van der Waals surface area contributed by atoms with Gasteiger partial charge in [-0.15, -0.1) is 0 Å². The minimum Gasteiger partial charge on any atom is -0.350 e. The van der Waals surface area contributed by atoms with E-state index < -0.39 is 22.8 Å². The van der Waals surface area contributed by atoms with Gasteiger partial charge < -0.3 is 5.32 Å². The fraction of sp³-hybridized carbons (Fsp3) is 0.158. The number of imide groups is 1. The molecular formula is C19H15F2N3O3S2. The summed E-state index contributed by atoms with van der Waals surface area (Å²) in [6.45, 7) is -0.0182. The third-order valence-electron chi connectivity index (χ3n) is 3.82. The minimum absolute atomic E-state index is 0.00469. The van der Waals surface area contributed by atoms with Gasteiger partial charge in [0.15, 0.2) is 0 Å². The molecule has 0 bridgehead atoms. The van der Waals surface area contributed by atoms with Gasteiger partial charge in [0.05, 0.1) is 10.5 Å². The molecule has 3 rings (SSSR count). The summed E-state index contributed by atoms with van der Waals surface area (Å²) in [5, 5.41) is 2.13. The minimum atomic E-state index is -2.65. The number of amides is 3. The number of alkyl halides is 2. The number of nitrogens with one attached hydrogen (secondary N) is 1.